The van der Waals surface area contributed by atoms with Crippen LogP contribution in [-0.4, -0.2) is 39.1 Å². The maximum atomic E-state index is 12.4. The Hall–Kier alpha value is -2.08. The van der Waals surface area contributed by atoms with Gasteiger partial charge in [0, 0.05) is 24.2 Å². The molecule has 1 N–H and O–H groups in total. The van der Waals surface area contributed by atoms with Crippen molar-refractivity contribution in [1.82, 2.24) is 14.9 Å². The zero-order chi connectivity index (χ0) is 16.9. The molecule has 1 saturated heterocycles. The van der Waals surface area contributed by atoms with Crippen LogP contribution in [0.15, 0.2) is 46.3 Å². The van der Waals surface area contributed by atoms with Crippen LogP contribution >= 0.6 is 11.8 Å². The summed E-state index contributed by atoms with van der Waals surface area (Å²) in [6.45, 7) is 2.92. The molecule has 2 aromatic rings. The van der Waals surface area contributed by atoms with E-state index >= 15 is 0 Å². The van der Waals surface area contributed by atoms with Crippen molar-refractivity contribution in [3.05, 3.63) is 46.8 Å². The predicted molar refractivity (Wildman–Crippen MR) is 96.0 cm³/mol. The molecule has 3 rings (SSSR count). The predicted octanol–water partition coefficient (Wildman–Crippen LogP) is 2.93. The first-order chi connectivity index (χ1) is 11.6. The lowest BCUT2D eigenvalue weighted by Gasteiger charge is -2.33. The Bertz CT molecular complexity index is 760. The molecule has 1 atom stereocenters. The van der Waals surface area contributed by atoms with E-state index in [1.54, 1.807) is 0 Å². The van der Waals surface area contributed by atoms with Gasteiger partial charge in [-0.1, -0.05) is 42.1 Å². The molecule has 0 saturated carbocycles. The maximum Gasteiger partial charge on any atom is 0.252 e. The van der Waals surface area contributed by atoms with Gasteiger partial charge < -0.3 is 9.88 Å². The number of carbonyl (C=O) groups excluding carboxylic acids is 1. The summed E-state index contributed by atoms with van der Waals surface area (Å²) < 4.78 is 0. The lowest BCUT2D eigenvalue weighted by molar-refractivity contribution is -0.131. The van der Waals surface area contributed by atoms with Crippen LogP contribution in [-0.2, 0) is 4.79 Å². The SMILES string of the molecule is C[C@@H]1CCCCN1C(=O)CSc1nc(-c2ccccc2)cc(=O)[nH]1. The van der Waals surface area contributed by atoms with Crippen LogP contribution in [0, 0.1) is 0 Å². The van der Waals surface area contributed by atoms with Crippen molar-refractivity contribution >= 4 is 17.7 Å². The largest absolute Gasteiger partial charge is 0.339 e. The molecule has 1 fully saturated rings. The van der Waals surface area contributed by atoms with Gasteiger partial charge in [-0.2, -0.15) is 0 Å². The summed E-state index contributed by atoms with van der Waals surface area (Å²) in [7, 11) is 0. The van der Waals surface area contributed by atoms with E-state index in [2.05, 4.69) is 16.9 Å². The number of hydrogen-bond acceptors (Lipinski definition) is 4. The highest BCUT2D eigenvalue weighted by atomic mass is 32.2. The monoisotopic (exact) mass is 343 g/mol. The van der Waals surface area contributed by atoms with Gasteiger partial charge in [0.2, 0.25) is 5.91 Å². The van der Waals surface area contributed by atoms with E-state index in [4.69, 9.17) is 0 Å². The molecule has 1 aromatic carbocycles. The maximum absolute atomic E-state index is 12.4. The highest BCUT2D eigenvalue weighted by molar-refractivity contribution is 7.99. The fourth-order valence-corrected chi connectivity index (χ4v) is 3.70. The van der Waals surface area contributed by atoms with Crippen LogP contribution in [0.25, 0.3) is 11.3 Å². The van der Waals surface area contributed by atoms with Crippen molar-refractivity contribution in [2.75, 3.05) is 12.3 Å². The molecule has 1 amide bonds. The number of carbonyl (C=O) groups is 1. The summed E-state index contributed by atoms with van der Waals surface area (Å²) in [5.74, 6) is 0.408. The molecule has 1 aliphatic heterocycles. The number of likely N-dealkylation sites (tertiary alicyclic amines) is 1. The molecule has 6 heteroatoms. The fourth-order valence-electron chi connectivity index (χ4n) is 2.94. The van der Waals surface area contributed by atoms with Crippen LogP contribution in [0.3, 0.4) is 0 Å². The smallest absolute Gasteiger partial charge is 0.252 e. The van der Waals surface area contributed by atoms with E-state index in [-0.39, 0.29) is 11.5 Å². The molecule has 0 radical (unpaired) electrons. The van der Waals surface area contributed by atoms with E-state index in [1.807, 2.05) is 35.2 Å². The Labute approximate surface area is 145 Å². The number of aromatic amines is 1. The molecule has 2 heterocycles. The van der Waals surface area contributed by atoms with E-state index in [0.29, 0.717) is 22.6 Å². The fraction of sp³-hybridized carbons (Fsp3) is 0.389. The van der Waals surface area contributed by atoms with Crippen LogP contribution in [0.1, 0.15) is 26.2 Å². The van der Waals surface area contributed by atoms with Crippen LogP contribution < -0.4 is 5.56 Å². The molecular formula is C18H21N3O2S. The number of benzene rings is 1. The first-order valence-electron chi connectivity index (χ1n) is 8.22. The first kappa shape index (κ1) is 16.8. The zero-order valence-corrected chi connectivity index (χ0v) is 14.5. The second kappa shape index (κ2) is 7.66. The normalized spacial score (nSPS) is 17.7. The van der Waals surface area contributed by atoms with E-state index < -0.39 is 0 Å². The van der Waals surface area contributed by atoms with E-state index in [9.17, 15) is 9.59 Å². The number of hydrogen-bond donors (Lipinski definition) is 1. The summed E-state index contributed by atoms with van der Waals surface area (Å²) >= 11 is 1.29. The zero-order valence-electron chi connectivity index (χ0n) is 13.7. The minimum Gasteiger partial charge on any atom is -0.339 e. The quantitative estimate of drug-likeness (QED) is 0.685. The van der Waals surface area contributed by atoms with E-state index in [1.165, 1.54) is 24.2 Å². The van der Waals surface area contributed by atoms with Gasteiger partial charge in [0.15, 0.2) is 5.16 Å². The Kier molecular flexibility index (Phi) is 5.35. The minimum absolute atomic E-state index is 0.111. The van der Waals surface area contributed by atoms with Gasteiger partial charge in [-0.15, -0.1) is 0 Å². The second-order valence-corrected chi connectivity index (χ2v) is 6.99. The average molecular weight is 343 g/mol. The van der Waals surface area contributed by atoms with Gasteiger partial charge in [-0.25, -0.2) is 4.98 Å². The van der Waals surface area contributed by atoms with Crippen LogP contribution in [0.4, 0.5) is 0 Å². The minimum atomic E-state index is -0.204. The Morgan fingerprint density at radius 3 is 2.88 bits per heavy atom. The first-order valence-corrected chi connectivity index (χ1v) is 9.21. The third kappa shape index (κ3) is 4.06. The van der Waals surface area contributed by atoms with Crippen molar-refractivity contribution in [1.29, 1.82) is 0 Å². The van der Waals surface area contributed by atoms with Crippen molar-refractivity contribution in [2.24, 2.45) is 0 Å². The average Bonchev–Trinajstić information content (AvgIpc) is 2.60. The Morgan fingerprint density at radius 2 is 2.12 bits per heavy atom. The molecule has 1 aliphatic rings. The van der Waals surface area contributed by atoms with Gasteiger partial charge in [-0.05, 0) is 26.2 Å². The molecule has 0 bridgehead atoms. The molecule has 24 heavy (non-hydrogen) atoms. The number of aromatic nitrogens is 2. The lowest BCUT2D eigenvalue weighted by atomic mass is 10.0. The number of piperidine rings is 1. The Morgan fingerprint density at radius 1 is 1.33 bits per heavy atom. The number of rotatable bonds is 4. The van der Waals surface area contributed by atoms with Gasteiger partial charge in [-0.3, -0.25) is 9.59 Å². The lowest BCUT2D eigenvalue weighted by Crippen LogP contribution is -2.43. The molecule has 126 valence electrons. The summed E-state index contributed by atoms with van der Waals surface area (Å²) in [6, 6.07) is 11.3. The number of thioether (sulfide) groups is 1. The van der Waals surface area contributed by atoms with Crippen LogP contribution in [0.2, 0.25) is 0 Å². The number of nitrogens with zero attached hydrogens (tertiary/aromatic N) is 2. The van der Waals surface area contributed by atoms with Gasteiger partial charge in [0.1, 0.15) is 0 Å². The number of amides is 1. The van der Waals surface area contributed by atoms with Crippen LogP contribution in [0.5, 0.6) is 0 Å². The van der Waals surface area contributed by atoms with Crippen molar-refractivity contribution < 1.29 is 4.79 Å². The van der Waals surface area contributed by atoms with Gasteiger partial charge in [0.25, 0.3) is 5.56 Å². The highest BCUT2D eigenvalue weighted by Crippen LogP contribution is 2.21. The molecule has 0 aliphatic carbocycles. The summed E-state index contributed by atoms with van der Waals surface area (Å²) in [6.07, 6.45) is 3.32. The van der Waals surface area contributed by atoms with Crippen molar-refractivity contribution in [3.63, 3.8) is 0 Å². The number of nitrogens with one attached hydrogen (secondary N) is 1. The van der Waals surface area contributed by atoms with Gasteiger partial charge >= 0.3 is 0 Å². The Balaban J connectivity index is 1.70. The molecule has 0 unspecified atom stereocenters. The second-order valence-electron chi connectivity index (χ2n) is 6.02. The molecule has 5 nitrogen and oxygen atoms in total. The van der Waals surface area contributed by atoms with E-state index in [0.717, 1.165) is 24.9 Å². The number of H-pyrrole nitrogens is 1. The summed E-state index contributed by atoms with van der Waals surface area (Å²) in [4.78, 5) is 33.4. The highest BCUT2D eigenvalue weighted by Gasteiger charge is 2.23. The molecule has 0 spiro atoms. The van der Waals surface area contributed by atoms with Crippen molar-refractivity contribution in [3.8, 4) is 11.3 Å². The standard InChI is InChI=1S/C18H21N3O2S/c1-13-7-5-6-10-21(13)17(23)12-24-18-19-15(11-16(22)20-18)14-8-3-2-4-9-14/h2-4,8-9,11,13H,5-7,10,12H2,1H3,(H,19,20,22)/t13-/m1/s1. The molecule has 1 aromatic heterocycles. The summed E-state index contributed by atoms with van der Waals surface area (Å²) in [5, 5.41) is 0.486. The van der Waals surface area contributed by atoms with Crippen molar-refractivity contribution in [2.45, 2.75) is 37.4 Å². The summed E-state index contributed by atoms with van der Waals surface area (Å²) in [5.41, 5.74) is 1.31. The molecular weight excluding hydrogens is 322 g/mol. The topological polar surface area (TPSA) is 66.1 Å². The van der Waals surface area contributed by atoms with Gasteiger partial charge in [0.05, 0.1) is 11.4 Å². The third-order valence-corrected chi connectivity index (χ3v) is 5.10. The third-order valence-electron chi connectivity index (χ3n) is 4.25.